The van der Waals surface area contributed by atoms with Gasteiger partial charge in [0.25, 0.3) is 5.91 Å². The molecule has 0 fully saturated rings. The minimum absolute atomic E-state index is 0.0000543. The molecule has 6 heteroatoms. The standard InChI is InChI=1S/C14H11N3O3/c1-8-16-17-14(20-8)15-13(19)11-7-6-9-4-2-3-5-10(9)12(11)18/h2-7,18H,1H3,(H,15,17,19). The molecule has 3 aromatic rings. The number of amides is 1. The predicted molar refractivity (Wildman–Crippen MR) is 72.6 cm³/mol. The molecule has 0 unspecified atom stereocenters. The Kier molecular flexibility index (Phi) is 2.83. The van der Waals surface area contributed by atoms with Crippen molar-refractivity contribution < 1.29 is 14.3 Å². The van der Waals surface area contributed by atoms with Gasteiger partial charge in [0.05, 0.1) is 5.56 Å². The Morgan fingerprint density at radius 1 is 1.20 bits per heavy atom. The van der Waals surface area contributed by atoms with E-state index >= 15 is 0 Å². The maximum Gasteiger partial charge on any atom is 0.322 e. The van der Waals surface area contributed by atoms with Gasteiger partial charge in [0.2, 0.25) is 5.89 Å². The molecule has 0 bridgehead atoms. The van der Waals surface area contributed by atoms with Crippen LogP contribution in [0.25, 0.3) is 10.8 Å². The fraction of sp³-hybridized carbons (Fsp3) is 0.0714. The quantitative estimate of drug-likeness (QED) is 0.746. The Morgan fingerprint density at radius 3 is 2.75 bits per heavy atom. The molecule has 3 rings (SSSR count). The number of carbonyl (C=O) groups excluding carboxylic acids is 1. The molecule has 1 heterocycles. The summed E-state index contributed by atoms with van der Waals surface area (Å²) < 4.78 is 5.07. The number of benzene rings is 2. The van der Waals surface area contributed by atoms with Crippen LogP contribution in [0.15, 0.2) is 40.8 Å². The lowest BCUT2D eigenvalue weighted by Crippen LogP contribution is -2.12. The van der Waals surface area contributed by atoms with Crippen molar-refractivity contribution in [3.63, 3.8) is 0 Å². The molecule has 2 aromatic carbocycles. The number of phenols is 1. The predicted octanol–water partition coefficient (Wildman–Crippen LogP) is 2.49. The molecular formula is C14H11N3O3. The van der Waals surface area contributed by atoms with Crippen molar-refractivity contribution in [2.24, 2.45) is 0 Å². The summed E-state index contributed by atoms with van der Waals surface area (Å²) in [6, 6.07) is 10.6. The van der Waals surface area contributed by atoms with E-state index in [1.807, 2.05) is 12.1 Å². The Morgan fingerprint density at radius 2 is 2.00 bits per heavy atom. The van der Waals surface area contributed by atoms with Crippen molar-refractivity contribution in [1.82, 2.24) is 10.2 Å². The smallest absolute Gasteiger partial charge is 0.322 e. The molecule has 6 nitrogen and oxygen atoms in total. The maximum atomic E-state index is 12.1. The van der Waals surface area contributed by atoms with Gasteiger partial charge in [-0.25, -0.2) is 0 Å². The first-order chi connectivity index (χ1) is 9.65. The number of phenolic OH excluding ortho intramolecular Hbond substituents is 1. The summed E-state index contributed by atoms with van der Waals surface area (Å²) in [5.74, 6) is -0.225. The van der Waals surface area contributed by atoms with E-state index in [4.69, 9.17) is 4.42 Å². The van der Waals surface area contributed by atoms with Crippen LogP contribution in [0.4, 0.5) is 6.01 Å². The lowest BCUT2D eigenvalue weighted by molar-refractivity contribution is 0.102. The highest BCUT2D eigenvalue weighted by molar-refractivity contribution is 6.09. The second-order valence-corrected chi connectivity index (χ2v) is 4.26. The molecule has 0 saturated heterocycles. The summed E-state index contributed by atoms with van der Waals surface area (Å²) in [7, 11) is 0. The Labute approximate surface area is 114 Å². The van der Waals surface area contributed by atoms with Crippen molar-refractivity contribution in [1.29, 1.82) is 0 Å². The van der Waals surface area contributed by atoms with Crippen molar-refractivity contribution in [3.05, 3.63) is 47.9 Å². The third-order valence-electron chi connectivity index (χ3n) is 2.89. The molecule has 0 aliphatic carbocycles. The minimum atomic E-state index is -0.503. The van der Waals surface area contributed by atoms with Crippen LogP contribution >= 0.6 is 0 Å². The summed E-state index contributed by atoms with van der Waals surface area (Å²) in [5, 5.41) is 21.4. The Hall–Kier alpha value is -2.89. The number of carbonyl (C=O) groups is 1. The first kappa shape index (κ1) is 12.2. The SMILES string of the molecule is Cc1nnc(NC(=O)c2ccc3ccccc3c2O)o1. The Balaban J connectivity index is 1.97. The van der Waals surface area contributed by atoms with Gasteiger partial charge in [0.15, 0.2) is 0 Å². The van der Waals surface area contributed by atoms with Gasteiger partial charge in [0, 0.05) is 12.3 Å². The molecule has 0 atom stereocenters. The van der Waals surface area contributed by atoms with Crippen LogP contribution in [0.1, 0.15) is 16.2 Å². The average Bonchev–Trinajstić information content (AvgIpc) is 2.84. The van der Waals surface area contributed by atoms with Gasteiger partial charge in [-0.1, -0.05) is 35.4 Å². The molecule has 20 heavy (non-hydrogen) atoms. The summed E-state index contributed by atoms with van der Waals surface area (Å²) in [5.41, 5.74) is 0.152. The van der Waals surface area contributed by atoms with Gasteiger partial charge < -0.3 is 9.52 Å². The van der Waals surface area contributed by atoms with Crippen LogP contribution in [0, 0.1) is 6.92 Å². The molecule has 1 amide bonds. The van der Waals surface area contributed by atoms with Gasteiger partial charge in [-0.2, -0.15) is 0 Å². The zero-order chi connectivity index (χ0) is 14.1. The fourth-order valence-electron chi connectivity index (χ4n) is 1.95. The van der Waals surface area contributed by atoms with E-state index in [1.165, 1.54) is 0 Å². The first-order valence-electron chi connectivity index (χ1n) is 5.97. The van der Waals surface area contributed by atoms with Crippen LogP contribution in [-0.4, -0.2) is 21.2 Å². The van der Waals surface area contributed by atoms with E-state index in [-0.39, 0.29) is 17.3 Å². The number of hydrogen-bond acceptors (Lipinski definition) is 5. The summed E-state index contributed by atoms with van der Waals surface area (Å²) in [6.45, 7) is 1.62. The van der Waals surface area contributed by atoms with Gasteiger partial charge in [-0.05, 0) is 11.5 Å². The largest absolute Gasteiger partial charge is 0.506 e. The van der Waals surface area contributed by atoms with Crippen LogP contribution in [0.5, 0.6) is 5.75 Å². The van der Waals surface area contributed by atoms with Crippen molar-refractivity contribution in [2.45, 2.75) is 6.92 Å². The second-order valence-electron chi connectivity index (χ2n) is 4.26. The molecule has 0 aliphatic rings. The zero-order valence-corrected chi connectivity index (χ0v) is 10.6. The number of nitrogens with one attached hydrogen (secondary N) is 1. The molecule has 0 spiro atoms. The number of hydrogen-bond donors (Lipinski definition) is 2. The second kappa shape index (κ2) is 4.65. The van der Waals surface area contributed by atoms with E-state index < -0.39 is 5.91 Å². The van der Waals surface area contributed by atoms with E-state index in [0.29, 0.717) is 11.3 Å². The molecule has 0 saturated carbocycles. The van der Waals surface area contributed by atoms with E-state index in [9.17, 15) is 9.90 Å². The highest BCUT2D eigenvalue weighted by atomic mass is 16.4. The van der Waals surface area contributed by atoms with Gasteiger partial charge in [-0.15, -0.1) is 5.10 Å². The lowest BCUT2D eigenvalue weighted by Gasteiger charge is -2.06. The number of aromatic nitrogens is 2. The summed E-state index contributed by atoms with van der Waals surface area (Å²) in [4.78, 5) is 12.1. The summed E-state index contributed by atoms with van der Waals surface area (Å²) in [6.07, 6.45) is 0. The normalized spacial score (nSPS) is 10.7. The first-order valence-corrected chi connectivity index (χ1v) is 5.97. The number of aryl methyl sites for hydroxylation is 1. The van der Waals surface area contributed by atoms with Crippen LogP contribution in [0.3, 0.4) is 0 Å². The minimum Gasteiger partial charge on any atom is -0.506 e. The van der Waals surface area contributed by atoms with Gasteiger partial charge in [-0.3, -0.25) is 10.1 Å². The number of aromatic hydroxyl groups is 1. The number of nitrogens with zero attached hydrogens (tertiary/aromatic N) is 2. The fourth-order valence-corrected chi connectivity index (χ4v) is 1.95. The van der Waals surface area contributed by atoms with E-state index in [1.54, 1.807) is 31.2 Å². The molecule has 1 aromatic heterocycles. The van der Waals surface area contributed by atoms with Crippen molar-refractivity contribution in [3.8, 4) is 5.75 Å². The van der Waals surface area contributed by atoms with Crippen molar-refractivity contribution in [2.75, 3.05) is 5.32 Å². The van der Waals surface area contributed by atoms with Crippen molar-refractivity contribution >= 4 is 22.7 Å². The van der Waals surface area contributed by atoms with E-state index in [0.717, 1.165) is 5.39 Å². The van der Waals surface area contributed by atoms with E-state index in [2.05, 4.69) is 15.5 Å². The van der Waals surface area contributed by atoms with Gasteiger partial charge >= 0.3 is 6.01 Å². The molecule has 0 aliphatic heterocycles. The average molecular weight is 269 g/mol. The monoisotopic (exact) mass is 269 g/mol. The zero-order valence-electron chi connectivity index (χ0n) is 10.6. The summed E-state index contributed by atoms with van der Waals surface area (Å²) >= 11 is 0. The number of anilines is 1. The molecule has 0 radical (unpaired) electrons. The highest BCUT2D eigenvalue weighted by Crippen LogP contribution is 2.28. The number of rotatable bonds is 2. The molecule has 100 valence electrons. The lowest BCUT2D eigenvalue weighted by atomic mass is 10.0. The van der Waals surface area contributed by atoms with Gasteiger partial charge in [0.1, 0.15) is 5.75 Å². The topological polar surface area (TPSA) is 88.2 Å². The maximum absolute atomic E-state index is 12.1. The molecule has 2 N–H and O–H groups in total. The highest BCUT2D eigenvalue weighted by Gasteiger charge is 2.16. The molecular weight excluding hydrogens is 258 g/mol. The third kappa shape index (κ3) is 2.07. The third-order valence-corrected chi connectivity index (χ3v) is 2.89. The Bertz CT molecular complexity index is 795. The number of fused-ring (bicyclic) bond motifs is 1. The van der Waals surface area contributed by atoms with Crippen LogP contribution < -0.4 is 5.32 Å². The van der Waals surface area contributed by atoms with Crippen LogP contribution in [-0.2, 0) is 0 Å². The van der Waals surface area contributed by atoms with Crippen LogP contribution in [0.2, 0.25) is 0 Å².